The maximum absolute atomic E-state index is 10.8. The lowest BCUT2D eigenvalue weighted by atomic mass is 9.57. The number of fused-ring (bicyclic) bond motifs is 2. The number of phenols is 1. The molecule has 0 fully saturated rings. The second kappa shape index (κ2) is 10.8. The molecule has 0 amide bonds. The van der Waals surface area contributed by atoms with Crippen LogP contribution >= 0.6 is 0 Å². The number of benzene rings is 3. The van der Waals surface area contributed by atoms with E-state index >= 15 is 0 Å². The Labute approximate surface area is 260 Å². The van der Waals surface area contributed by atoms with Crippen molar-refractivity contribution in [1.82, 2.24) is 9.97 Å². The molecule has 0 saturated heterocycles. The fourth-order valence-corrected chi connectivity index (χ4v) is 7.14. The van der Waals surface area contributed by atoms with Gasteiger partial charge >= 0.3 is 0 Å². The van der Waals surface area contributed by atoms with Gasteiger partial charge < -0.3 is 9.84 Å². The maximum atomic E-state index is 10.8. The largest absolute Gasteiger partial charge is 0.507 e. The molecule has 1 aliphatic carbocycles. The summed E-state index contributed by atoms with van der Waals surface area (Å²) in [6.07, 6.45) is 7.36. The van der Waals surface area contributed by atoms with Gasteiger partial charge in [-0.3, -0.25) is 4.98 Å². The standard InChI is InChI=1S/C40H38N2O2/c1-26-19-20-37-32(22-26)40(38-18-9-10-21-41-38,31-15-6-8-17-36(31)44-37)28-13-11-12-27(23-28)33-24-29(39(2,3)4)25-34(42-33)30-14-5-7-16-35(30)43/h5-21,23-26,32,37,43H,22H2,1-4H3. The van der Waals surface area contributed by atoms with Crippen molar-refractivity contribution in [3.8, 4) is 34.0 Å². The highest BCUT2D eigenvalue weighted by Crippen LogP contribution is 2.56. The Morgan fingerprint density at radius 2 is 1.59 bits per heavy atom. The van der Waals surface area contributed by atoms with E-state index in [4.69, 9.17) is 14.7 Å². The molecular weight excluding hydrogens is 540 g/mol. The predicted molar refractivity (Wildman–Crippen MR) is 177 cm³/mol. The molecule has 44 heavy (non-hydrogen) atoms. The molecule has 4 heteroatoms. The molecule has 3 heterocycles. The first-order valence-corrected chi connectivity index (χ1v) is 15.5. The number of para-hydroxylation sites is 2. The number of ether oxygens (including phenoxy) is 1. The zero-order chi connectivity index (χ0) is 30.5. The topological polar surface area (TPSA) is 55.2 Å². The van der Waals surface area contributed by atoms with Gasteiger partial charge in [0.1, 0.15) is 17.6 Å². The minimum atomic E-state index is -0.530. The Morgan fingerprint density at radius 3 is 2.39 bits per heavy atom. The van der Waals surface area contributed by atoms with Crippen LogP contribution < -0.4 is 4.74 Å². The molecule has 0 saturated carbocycles. The van der Waals surface area contributed by atoms with Gasteiger partial charge in [0.15, 0.2) is 0 Å². The van der Waals surface area contributed by atoms with Crippen LogP contribution in [0, 0.1) is 11.8 Å². The zero-order valence-electron chi connectivity index (χ0n) is 25.7. The number of rotatable bonds is 4. The second-order valence-corrected chi connectivity index (χ2v) is 13.3. The van der Waals surface area contributed by atoms with Crippen LogP contribution in [0.15, 0.2) is 121 Å². The third-order valence-corrected chi connectivity index (χ3v) is 9.34. The van der Waals surface area contributed by atoms with Crippen LogP contribution in [-0.4, -0.2) is 21.2 Å². The van der Waals surface area contributed by atoms with Gasteiger partial charge in [0.05, 0.1) is 22.5 Å². The highest BCUT2D eigenvalue weighted by Gasteiger charge is 2.53. The molecule has 4 atom stereocenters. The molecule has 0 spiro atoms. The molecule has 3 aromatic carbocycles. The third kappa shape index (κ3) is 4.70. The number of hydrogen-bond donors (Lipinski definition) is 1. The van der Waals surface area contributed by atoms with E-state index in [0.717, 1.165) is 51.5 Å². The lowest BCUT2D eigenvalue weighted by molar-refractivity contribution is 0.0891. The van der Waals surface area contributed by atoms with E-state index in [1.807, 2.05) is 30.5 Å². The maximum Gasteiger partial charge on any atom is 0.124 e. The minimum absolute atomic E-state index is 0.0678. The van der Waals surface area contributed by atoms with Crippen molar-refractivity contribution in [2.45, 2.75) is 51.0 Å². The molecule has 5 aromatic rings. The molecule has 220 valence electrons. The van der Waals surface area contributed by atoms with Crippen LogP contribution in [0.3, 0.4) is 0 Å². The molecule has 2 aliphatic rings. The fraction of sp³-hybridized carbons (Fsp3) is 0.250. The van der Waals surface area contributed by atoms with E-state index in [2.05, 4.69) is 113 Å². The lowest BCUT2D eigenvalue weighted by Gasteiger charge is -2.50. The first-order valence-electron chi connectivity index (χ1n) is 15.5. The van der Waals surface area contributed by atoms with Crippen molar-refractivity contribution < 1.29 is 9.84 Å². The van der Waals surface area contributed by atoms with Gasteiger partial charge in [0.25, 0.3) is 0 Å². The van der Waals surface area contributed by atoms with E-state index in [-0.39, 0.29) is 23.2 Å². The Morgan fingerprint density at radius 1 is 0.818 bits per heavy atom. The van der Waals surface area contributed by atoms with Gasteiger partial charge in [-0.1, -0.05) is 88.4 Å². The Hall–Kier alpha value is -4.70. The summed E-state index contributed by atoms with van der Waals surface area (Å²) in [6, 6.07) is 35.3. The van der Waals surface area contributed by atoms with Gasteiger partial charge in [0.2, 0.25) is 0 Å². The number of allylic oxidation sites excluding steroid dienone is 1. The van der Waals surface area contributed by atoms with Gasteiger partial charge in [-0.15, -0.1) is 0 Å². The number of hydrogen-bond acceptors (Lipinski definition) is 4. The summed E-state index contributed by atoms with van der Waals surface area (Å²) in [5.41, 5.74) is 7.26. The van der Waals surface area contributed by atoms with E-state index < -0.39 is 5.41 Å². The van der Waals surface area contributed by atoms with E-state index in [0.29, 0.717) is 5.92 Å². The normalized spacial score (nSPS) is 22.5. The van der Waals surface area contributed by atoms with Crippen LogP contribution in [0.25, 0.3) is 22.5 Å². The number of aromatic nitrogens is 2. The van der Waals surface area contributed by atoms with Gasteiger partial charge in [-0.05, 0) is 83.5 Å². The molecule has 0 bridgehead atoms. The predicted octanol–water partition coefficient (Wildman–Crippen LogP) is 9.12. The SMILES string of the molecule is CC1C=CC2Oc3ccccc3C(c3cccc(-c4cc(C(C)(C)C)cc(-c5ccccc5O)n4)c3)(c3ccccn3)C2C1. The van der Waals surface area contributed by atoms with Crippen LogP contribution in [0.5, 0.6) is 11.5 Å². The Balaban J connectivity index is 1.49. The van der Waals surface area contributed by atoms with Crippen molar-refractivity contribution in [1.29, 1.82) is 0 Å². The monoisotopic (exact) mass is 578 g/mol. The average Bonchev–Trinajstić information content (AvgIpc) is 3.04. The highest BCUT2D eigenvalue weighted by molar-refractivity contribution is 5.72. The minimum Gasteiger partial charge on any atom is -0.507 e. The second-order valence-electron chi connectivity index (χ2n) is 13.3. The molecule has 1 N–H and O–H groups in total. The molecular formula is C40H38N2O2. The Kier molecular flexibility index (Phi) is 6.88. The van der Waals surface area contributed by atoms with Crippen LogP contribution in [-0.2, 0) is 10.8 Å². The molecule has 4 unspecified atom stereocenters. The van der Waals surface area contributed by atoms with E-state index in [1.54, 1.807) is 6.07 Å². The number of phenolic OH excluding ortho intramolecular Hbond substituents is 1. The summed E-state index contributed by atoms with van der Waals surface area (Å²) in [5, 5.41) is 10.8. The van der Waals surface area contributed by atoms with Crippen molar-refractivity contribution in [2.75, 3.05) is 0 Å². The van der Waals surface area contributed by atoms with Crippen molar-refractivity contribution in [3.05, 3.63) is 144 Å². The van der Waals surface area contributed by atoms with Gasteiger partial charge in [-0.25, -0.2) is 4.98 Å². The van der Waals surface area contributed by atoms with E-state index in [1.165, 1.54) is 5.56 Å². The first-order chi connectivity index (χ1) is 21.2. The Bertz CT molecular complexity index is 1860. The quantitative estimate of drug-likeness (QED) is 0.216. The fourth-order valence-electron chi connectivity index (χ4n) is 7.14. The number of aromatic hydroxyl groups is 1. The molecule has 2 aromatic heterocycles. The number of nitrogens with zero attached hydrogens (tertiary/aromatic N) is 2. The summed E-state index contributed by atoms with van der Waals surface area (Å²) in [6.45, 7) is 8.92. The molecule has 0 radical (unpaired) electrons. The first kappa shape index (κ1) is 28.1. The molecule has 1 aliphatic heterocycles. The number of pyridine rings is 2. The van der Waals surface area contributed by atoms with Crippen molar-refractivity contribution in [2.24, 2.45) is 11.8 Å². The zero-order valence-corrected chi connectivity index (χ0v) is 25.7. The van der Waals surface area contributed by atoms with Gasteiger partial charge in [0, 0.05) is 28.8 Å². The average molecular weight is 579 g/mol. The van der Waals surface area contributed by atoms with Gasteiger partial charge in [-0.2, -0.15) is 0 Å². The summed E-state index contributed by atoms with van der Waals surface area (Å²) < 4.78 is 6.68. The smallest absolute Gasteiger partial charge is 0.124 e. The summed E-state index contributed by atoms with van der Waals surface area (Å²) in [5.74, 6) is 1.69. The van der Waals surface area contributed by atoms with Crippen LogP contribution in [0.2, 0.25) is 0 Å². The summed E-state index contributed by atoms with van der Waals surface area (Å²) >= 11 is 0. The van der Waals surface area contributed by atoms with E-state index in [9.17, 15) is 5.11 Å². The third-order valence-electron chi connectivity index (χ3n) is 9.34. The summed E-state index contributed by atoms with van der Waals surface area (Å²) in [4.78, 5) is 10.2. The molecule has 4 nitrogen and oxygen atoms in total. The van der Waals surface area contributed by atoms with Crippen molar-refractivity contribution >= 4 is 0 Å². The summed E-state index contributed by atoms with van der Waals surface area (Å²) in [7, 11) is 0. The highest BCUT2D eigenvalue weighted by atomic mass is 16.5. The lowest BCUT2D eigenvalue weighted by Crippen LogP contribution is -2.51. The van der Waals surface area contributed by atoms with Crippen LogP contribution in [0.1, 0.15) is 56.5 Å². The van der Waals surface area contributed by atoms with Crippen LogP contribution in [0.4, 0.5) is 0 Å². The molecule has 7 rings (SSSR count). The van der Waals surface area contributed by atoms with Crippen molar-refractivity contribution in [3.63, 3.8) is 0 Å².